The number of hydrogen-bond donors (Lipinski definition) is 1. The summed E-state index contributed by atoms with van der Waals surface area (Å²) < 4.78 is 12.3. The second-order valence-electron chi connectivity index (χ2n) is 7.77. The van der Waals surface area contributed by atoms with E-state index in [0.717, 1.165) is 20.9 Å². The van der Waals surface area contributed by atoms with E-state index in [9.17, 15) is 14.4 Å². The van der Waals surface area contributed by atoms with E-state index in [1.165, 1.54) is 4.90 Å². The number of thioether (sulfide) groups is 1. The van der Waals surface area contributed by atoms with E-state index in [1.54, 1.807) is 12.1 Å². The van der Waals surface area contributed by atoms with E-state index in [0.29, 0.717) is 40.7 Å². The monoisotopic (exact) mass is 594 g/mol. The van der Waals surface area contributed by atoms with Crippen LogP contribution in [0.15, 0.2) is 41.3 Å². The van der Waals surface area contributed by atoms with Gasteiger partial charge in [0.25, 0.3) is 17.1 Å². The van der Waals surface area contributed by atoms with Gasteiger partial charge < -0.3 is 14.8 Å². The maximum atomic E-state index is 12.7. The molecule has 2 aromatic carbocycles. The summed E-state index contributed by atoms with van der Waals surface area (Å²) in [5.41, 5.74) is 2.51. The van der Waals surface area contributed by atoms with Crippen LogP contribution in [0.25, 0.3) is 6.08 Å². The molecule has 9 heteroatoms. The molecule has 1 aliphatic rings. The summed E-state index contributed by atoms with van der Waals surface area (Å²) in [4.78, 5) is 39.1. The van der Waals surface area contributed by atoms with Crippen LogP contribution in [0.3, 0.4) is 0 Å². The van der Waals surface area contributed by atoms with E-state index < -0.39 is 0 Å². The van der Waals surface area contributed by atoms with Crippen LogP contribution in [0.5, 0.6) is 11.5 Å². The number of hydrogen-bond acceptors (Lipinski definition) is 6. The number of carbonyl (C=O) groups excluding carboxylic acids is 3. The van der Waals surface area contributed by atoms with Gasteiger partial charge in [-0.2, -0.15) is 0 Å². The molecule has 1 N–H and O–H groups in total. The molecule has 3 amide bonds. The Morgan fingerprint density at radius 3 is 2.53 bits per heavy atom. The molecule has 1 fully saturated rings. The molecule has 1 aliphatic heterocycles. The van der Waals surface area contributed by atoms with Crippen LogP contribution in [-0.4, -0.2) is 41.2 Å². The van der Waals surface area contributed by atoms with Crippen molar-refractivity contribution in [3.8, 4) is 11.5 Å². The van der Waals surface area contributed by atoms with E-state index in [-0.39, 0.29) is 29.7 Å². The highest BCUT2D eigenvalue weighted by molar-refractivity contribution is 14.1. The highest BCUT2D eigenvalue weighted by atomic mass is 127. The van der Waals surface area contributed by atoms with Crippen molar-refractivity contribution in [1.29, 1.82) is 0 Å². The smallest absolute Gasteiger partial charge is 0.293 e. The van der Waals surface area contributed by atoms with Crippen LogP contribution in [0, 0.1) is 10.5 Å². The van der Waals surface area contributed by atoms with E-state index >= 15 is 0 Å². The van der Waals surface area contributed by atoms with Crippen molar-refractivity contribution in [3.05, 3.63) is 56.0 Å². The lowest BCUT2D eigenvalue weighted by atomic mass is 10.1. The summed E-state index contributed by atoms with van der Waals surface area (Å²) in [5.74, 6) is 0.339. The molecule has 1 heterocycles. The molecule has 3 rings (SSSR count). The summed E-state index contributed by atoms with van der Waals surface area (Å²) in [6, 6.07) is 10.9. The maximum Gasteiger partial charge on any atom is 0.293 e. The van der Waals surface area contributed by atoms with Gasteiger partial charge in [-0.25, -0.2) is 0 Å². The van der Waals surface area contributed by atoms with Gasteiger partial charge in [0.15, 0.2) is 18.1 Å². The van der Waals surface area contributed by atoms with Crippen LogP contribution >= 0.6 is 34.4 Å². The Balaban J connectivity index is 1.77. The van der Waals surface area contributed by atoms with Crippen molar-refractivity contribution < 1.29 is 23.9 Å². The summed E-state index contributed by atoms with van der Waals surface area (Å²) >= 11 is 3.04. The number of imide groups is 1. The standard InChI is InChI=1S/C25H27IN2O5S/c1-5-16(4)28-24(30)21(34-25(28)31)13-17-11-19(26)23(20(12-17)32-6-2)33-14-22(29)27-18-9-7-15(3)8-10-18/h7-13,16H,5-6,14H2,1-4H3,(H,27,29)/b21-13+/t16-/m1/s1. The Kier molecular flexibility index (Phi) is 9.01. The second-order valence-corrected chi connectivity index (χ2v) is 9.93. The van der Waals surface area contributed by atoms with Gasteiger partial charge in [-0.05, 0) is 97.4 Å². The second kappa shape index (κ2) is 11.7. The minimum Gasteiger partial charge on any atom is -0.490 e. The Labute approximate surface area is 217 Å². The molecule has 0 spiro atoms. The molecule has 7 nitrogen and oxygen atoms in total. The van der Waals surface area contributed by atoms with Crippen LogP contribution in [0.4, 0.5) is 10.5 Å². The number of amides is 3. The van der Waals surface area contributed by atoms with Gasteiger partial charge in [-0.15, -0.1) is 0 Å². The number of anilines is 1. The first-order valence-electron chi connectivity index (χ1n) is 11.0. The third kappa shape index (κ3) is 6.32. The topological polar surface area (TPSA) is 84.9 Å². The molecule has 0 aromatic heterocycles. The number of aryl methyl sites for hydroxylation is 1. The first kappa shape index (κ1) is 26.1. The first-order chi connectivity index (χ1) is 16.2. The molecular weight excluding hydrogens is 567 g/mol. The number of nitrogens with one attached hydrogen (secondary N) is 1. The molecule has 1 atom stereocenters. The van der Waals surface area contributed by atoms with E-state index in [2.05, 4.69) is 27.9 Å². The average molecular weight is 594 g/mol. The number of benzene rings is 2. The zero-order chi connectivity index (χ0) is 24.8. The molecule has 0 bridgehead atoms. The molecule has 0 saturated carbocycles. The zero-order valence-electron chi connectivity index (χ0n) is 19.5. The Morgan fingerprint density at radius 1 is 1.18 bits per heavy atom. The van der Waals surface area contributed by atoms with Crippen LogP contribution in [-0.2, 0) is 9.59 Å². The largest absolute Gasteiger partial charge is 0.490 e. The van der Waals surface area contributed by atoms with Gasteiger partial charge in [-0.3, -0.25) is 19.3 Å². The molecule has 180 valence electrons. The Morgan fingerprint density at radius 2 is 1.88 bits per heavy atom. The van der Waals surface area contributed by atoms with Gasteiger partial charge in [0.1, 0.15) is 0 Å². The normalized spacial score (nSPS) is 15.6. The Hall–Kier alpha value is -2.53. The fraction of sp³-hybridized carbons (Fsp3) is 0.320. The van der Waals surface area contributed by atoms with Gasteiger partial charge in [-0.1, -0.05) is 24.6 Å². The van der Waals surface area contributed by atoms with Crippen molar-refractivity contribution in [2.45, 2.75) is 40.2 Å². The predicted molar refractivity (Wildman–Crippen MR) is 143 cm³/mol. The Bertz CT molecular complexity index is 1120. The van der Waals surface area contributed by atoms with Crippen LogP contribution < -0.4 is 14.8 Å². The van der Waals surface area contributed by atoms with Crippen LogP contribution in [0.2, 0.25) is 0 Å². The predicted octanol–water partition coefficient (Wildman–Crippen LogP) is 5.85. The molecular formula is C25H27IN2O5S. The fourth-order valence-electron chi connectivity index (χ4n) is 3.24. The number of halogens is 1. The lowest BCUT2D eigenvalue weighted by molar-refractivity contribution is -0.124. The van der Waals surface area contributed by atoms with Crippen molar-refractivity contribution >= 4 is 63.2 Å². The number of nitrogens with zero attached hydrogens (tertiary/aromatic N) is 1. The molecule has 0 aliphatic carbocycles. The minimum absolute atomic E-state index is 0.153. The number of carbonyl (C=O) groups is 3. The van der Waals surface area contributed by atoms with E-state index in [4.69, 9.17) is 9.47 Å². The summed E-state index contributed by atoms with van der Waals surface area (Å²) in [5, 5.41) is 2.54. The van der Waals surface area contributed by atoms with Crippen molar-refractivity contribution in [3.63, 3.8) is 0 Å². The maximum absolute atomic E-state index is 12.7. The van der Waals surface area contributed by atoms with Crippen molar-refractivity contribution in [1.82, 2.24) is 4.90 Å². The van der Waals surface area contributed by atoms with Gasteiger partial charge in [0, 0.05) is 11.7 Å². The fourth-order valence-corrected chi connectivity index (χ4v) is 4.95. The van der Waals surface area contributed by atoms with Crippen LogP contribution in [0.1, 0.15) is 38.3 Å². The molecule has 0 radical (unpaired) electrons. The third-order valence-corrected chi connectivity index (χ3v) is 6.85. The molecule has 0 unspecified atom stereocenters. The van der Waals surface area contributed by atoms with Gasteiger partial charge in [0.2, 0.25) is 0 Å². The molecule has 1 saturated heterocycles. The summed E-state index contributed by atoms with van der Waals surface area (Å²) in [6.45, 7) is 7.84. The van der Waals surface area contributed by atoms with Gasteiger partial charge >= 0.3 is 0 Å². The number of ether oxygens (including phenoxy) is 2. The highest BCUT2D eigenvalue weighted by Crippen LogP contribution is 2.38. The molecule has 2 aromatic rings. The zero-order valence-corrected chi connectivity index (χ0v) is 22.5. The summed E-state index contributed by atoms with van der Waals surface area (Å²) in [6.07, 6.45) is 2.38. The first-order valence-corrected chi connectivity index (χ1v) is 12.9. The lowest BCUT2D eigenvalue weighted by Crippen LogP contribution is -2.36. The number of rotatable bonds is 9. The lowest BCUT2D eigenvalue weighted by Gasteiger charge is -2.19. The summed E-state index contributed by atoms with van der Waals surface area (Å²) in [7, 11) is 0. The highest BCUT2D eigenvalue weighted by Gasteiger charge is 2.37. The van der Waals surface area contributed by atoms with Crippen molar-refractivity contribution in [2.24, 2.45) is 0 Å². The minimum atomic E-state index is -0.287. The third-order valence-electron chi connectivity index (χ3n) is 5.17. The SMILES string of the molecule is CCOc1cc(/C=C2/SC(=O)N([C@H](C)CC)C2=O)cc(I)c1OCC(=O)Nc1ccc(C)cc1. The van der Waals surface area contributed by atoms with Crippen molar-refractivity contribution in [2.75, 3.05) is 18.5 Å². The molecule has 34 heavy (non-hydrogen) atoms. The quantitative estimate of drug-likeness (QED) is 0.290. The van der Waals surface area contributed by atoms with E-state index in [1.807, 2.05) is 58.0 Å². The van der Waals surface area contributed by atoms with Gasteiger partial charge in [0.05, 0.1) is 15.1 Å². The average Bonchev–Trinajstić information content (AvgIpc) is 3.07.